The van der Waals surface area contributed by atoms with Gasteiger partial charge in [0.25, 0.3) is 0 Å². The summed E-state index contributed by atoms with van der Waals surface area (Å²) in [4.78, 5) is 2.50. The maximum Gasteiger partial charge on any atom is 0.0305 e. The Labute approximate surface area is 75.4 Å². The van der Waals surface area contributed by atoms with Gasteiger partial charge in [0.1, 0.15) is 0 Å². The van der Waals surface area contributed by atoms with Crippen molar-refractivity contribution in [3.63, 3.8) is 0 Å². The quantitative estimate of drug-likeness (QED) is 0.642. The largest absolute Gasteiger partial charge is 0.330 e. The molecule has 0 aromatic rings. The minimum Gasteiger partial charge on any atom is -0.330 e. The summed E-state index contributed by atoms with van der Waals surface area (Å²) in [5, 5.41) is 0. The minimum absolute atomic E-state index is 0.624. The molecule has 0 aromatic carbocycles. The summed E-state index contributed by atoms with van der Waals surface area (Å²) < 4.78 is 0. The molecule has 0 aliphatic carbocycles. The third-order valence-electron chi connectivity index (χ3n) is 2.71. The summed E-state index contributed by atoms with van der Waals surface area (Å²) in [6.45, 7) is 9.45. The van der Waals surface area contributed by atoms with Gasteiger partial charge in [-0.3, -0.25) is 4.90 Å². The molecular formula is C10H20N2. The third-order valence-corrected chi connectivity index (χ3v) is 2.71. The van der Waals surface area contributed by atoms with Crippen LogP contribution in [-0.2, 0) is 0 Å². The van der Waals surface area contributed by atoms with Gasteiger partial charge < -0.3 is 5.73 Å². The van der Waals surface area contributed by atoms with Gasteiger partial charge >= 0.3 is 0 Å². The molecule has 1 aliphatic heterocycles. The molecule has 1 unspecified atom stereocenters. The van der Waals surface area contributed by atoms with Gasteiger partial charge in [-0.05, 0) is 38.9 Å². The first-order valence-electron chi connectivity index (χ1n) is 4.91. The van der Waals surface area contributed by atoms with Crippen LogP contribution in [0.5, 0.6) is 0 Å². The van der Waals surface area contributed by atoms with E-state index in [9.17, 15) is 0 Å². The van der Waals surface area contributed by atoms with Crippen LogP contribution in [0.1, 0.15) is 26.2 Å². The molecule has 2 nitrogen and oxygen atoms in total. The molecule has 0 bridgehead atoms. The molecule has 0 saturated carbocycles. The van der Waals surface area contributed by atoms with Gasteiger partial charge in [-0.2, -0.15) is 0 Å². The summed E-state index contributed by atoms with van der Waals surface area (Å²) in [6, 6.07) is 0.624. The van der Waals surface area contributed by atoms with Crippen molar-refractivity contribution in [2.45, 2.75) is 32.2 Å². The van der Waals surface area contributed by atoms with Crippen molar-refractivity contribution in [3.8, 4) is 0 Å². The lowest BCUT2D eigenvalue weighted by Crippen LogP contribution is -2.31. The van der Waals surface area contributed by atoms with Crippen LogP contribution in [0.15, 0.2) is 12.2 Å². The van der Waals surface area contributed by atoms with Crippen molar-refractivity contribution in [2.24, 2.45) is 5.73 Å². The number of likely N-dealkylation sites (tertiary alicyclic amines) is 1. The second kappa shape index (κ2) is 4.63. The van der Waals surface area contributed by atoms with E-state index in [-0.39, 0.29) is 0 Å². The van der Waals surface area contributed by atoms with Crippen molar-refractivity contribution in [2.75, 3.05) is 19.6 Å². The Morgan fingerprint density at radius 1 is 1.67 bits per heavy atom. The highest BCUT2D eigenvalue weighted by molar-refractivity contribution is 5.08. The molecule has 1 saturated heterocycles. The summed E-state index contributed by atoms with van der Waals surface area (Å²) in [5.74, 6) is 0. The zero-order chi connectivity index (χ0) is 8.97. The van der Waals surface area contributed by atoms with E-state index < -0.39 is 0 Å². The molecule has 12 heavy (non-hydrogen) atoms. The van der Waals surface area contributed by atoms with E-state index in [4.69, 9.17) is 5.73 Å². The summed E-state index contributed by atoms with van der Waals surface area (Å²) in [7, 11) is 0. The minimum atomic E-state index is 0.624. The Morgan fingerprint density at radius 2 is 2.42 bits per heavy atom. The maximum absolute atomic E-state index is 5.50. The smallest absolute Gasteiger partial charge is 0.0305 e. The molecule has 1 atom stereocenters. The molecular weight excluding hydrogens is 148 g/mol. The summed E-state index contributed by atoms with van der Waals surface area (Å²) >= 11 is 0. The summed E-state index contributed by atoms with van der Waals surface area (Å²) in [5.41, 5.74) is 6.84. The van der Waals surface area contributed by atoms with Crippen LogP contribution in [0.3, 0.4) is 0 Å². The molecule has 1 heterocycles. The van der Waals surface area contributed by atoms with E-state index in [1.54, 1.807) is 0 Å². The van der Waals surface area contributed by atoms with Gasteiger partial charge in [0.05, 0.1) is 0 Å². The lowest BCUT2D eigenvalue weighted by Gasteiger charge is -2.24. The third kappa shape index (κ3) is 2.08. The van der Waals surface area contributed by atoms with Crippen LogP contribution in [-0.4, -0.2) is 30.6 Å². The Morgan fingerprint density at radius 3 is 3.00 bits per heavy atom. The summed E-state index contributed by atoms with van der Waals surface area (Å²) in [6.07, 6.45) is 3.59. The zero-order valence-electron chi connectivity index (χ0n) is 8.05. The highest BCUT2D eigenvalue weighted by atomic mass is 15.2. The molecule has 1 aliphatic rings. The Bertz CT molecular complexity index is 154. The monoisotopic (exact) mass is 168 g/mol. The topological polar surface area (TPSA) is 29.3 Å². The normalized spacial score (nSPS) is 24.7. The van der Waals surface area contributed by atoms with E-state index in [1.165, 1.54) is 25.0 Å². The highest BCUT2D eigenvalue weighted by Crippen LogP contribution is 2.23. The van der Waals surface area contributed by atoms with Crippen LogP contribution in [0.4, 0.5) is 0 Å². The lowest BCUT2D eigenvalue weighted by molar-refractivity contribution is 0.293. The van der Waals surface area contributed by atoms with Crippen LogP contribution < -0.4 is 5.73 Å². The molecule has 1 fully saturated rings. The first kappa shape index (κ1) is 9.75. The Balaban J connectivity index is 2.43. The van der Waals surface area contributed by atoms with E-state index in [1.807, 2.05) is 0 Å². The number of likely N-dealkylation sites (N-methyl/N-ethyl adjacent to an activating group) is 1. The Hall–Kier alpha value is -0.340. The maximum atomic E-state index is 5.50. The number of hydrogen-bond donors (Lipinski definition) is 1. The van der Waals surface area contributed by atoms with E-state index in [2.05, 4.69) is 18.4 Å². The van der Waals surface area contributed by atoms with Crippen molar-refractivity contribution < 1.29 is 0 Å². The molecule has 70 valence electrons. The number of nitrogens with two attached hydrogens (primary N) is 1. The van der Waals surface area contributed by atoms with Crippen molar-refractivity contribution >= 4 is 0 Å². The van der Waals surface area contributed by atoms with Gasteiger partial charge in [0.2, 0.25) is 0 Å². The van der Waals surface area contributed by atoms with Crippen LogP contribution >= 0.6 is 0 Å². The molecule has 2 N–H and O–H groups in total. The lowest BCUT2D eigenvalue weighted by atomic mass is 10.0. The van der Waals surface area contributed by atoms with Crippen LogP contribution in [0.25, 0.3) is 0 Å². The van der Waals surface area contributed by atoms with Gasteiger partial charge in [-0.15, -0.1) is 0 Å². The predicted molar refractivity (Wildman–Crippen MR) is 53.1 cm³/mol. The first-order chi connectivity index (χ1) is 5.79. The first-order valence-corrected chi connectivity index (χ1v) is 4.91. The molecule has 0 amide bonds. The van der Waals surface area contributed by atoms with Crippen molar-refractivity contribution in [1.82, 2.24) is 4.90 Å². The molecule has 2 heteroatoms. The van der Waals surface area contributed by atoms with Gasteiger partial charge in [-0.1, -0.05) is 19.1 Å². The highest BCUT2D eigenvalue weighted by Gasteiger charge is 2.24. The van der Waals surface area contributed by atoms with E-state index in [0.29, 0.717) is 6.04 Å². The van der Waals surface area contributed by atoms with Crippen LogP contribution in [0.2, 0.25) is 0 Å². The van der Waals surface area contributed by atoms with E-state index in [0.717, 1.165) is 19.5 Å². The fourth-order valence-corrected chi connectivity index (χ4v) is 2.02. The second-order valence-corrected chi connectivity index (χ2v) is 3.48. The van der Waals surface area contributed by atoms with Gasteiger partial charge in [0.15, 0.2) is 0 Å². The molecule has 0 aromatic heterocycles. The van der Waals surface area contributed by atoms with Crippen molar-refractivity contribution in [1.29, 1.82) is 0 Å². The van der Waals surface area contributed by atoms with Crippen LogP contribution in [0, 0.1) is 0 Å². The Kier molecular flexibility index (Phi) is 3.76. The van der Waals surface area contributed by atoms with E-state index >= 15 is 0 Å². The fraction of sp³-hybridized carbons (Fsp3) is 0.800. The average molecular weight is 168 g/mol. The molecule has 0 spiro atoms. The van der Waals surface area contributed by atoms with Crippen molar-refractivity contribution in [3.05, 3.63) is 12.2 Å². The fourth-order valence-electron chi connectivity index (χ4n) is 2.02. The standard InChI is InChI=1S/C10H20N2/c1-3-12-8-4-5-10(12)9(2)6-7-11/h10H,2-8,11H2,1H3. The SMILES string of the molecule is C=C(CCN)C1CCCN1CC. The number of nitrogens with zero attached hydrogens (tertiary/aromatic N) is 1. The zero-order valence-corrected chi connectivity index (χ0v) is 8.05. The molecule has 1 rings (SSSR count). The van der Waals surface area contributed by atoms with Gasteiger partial charge in [-0.25, -0.2) is 0 Å². The average Bonchev–Trinajstić information content (AvgIpc) is 2.51. The van der Waals surface area contributed by atoms with Gasteiger partial charge in [0, 0.05) is 6.04 Å². The number of hydrogen-bond acceptors (Lipinski definition) is 2. The molecule has 0 radical (unpaired) electrons. The predicted octanol–water partition coefficient (Wildman–Crippen LogP) is 1.38. The second-order valence-electron chi connectivity index (χ2n) is 3.48. The number of rotatable bonds is 4.